The van der Waals surface area contributed by atoms with Crippen LogP contribution in [0.2, 0.25) is 0 Å². The van der Waals surface area contributed by atoms with Crippen LogP contribution in [-0.2, 0) is 0 Å². The molecule has 1 aliphatic rings. The van der Waals surface area contributed by atoms with Crippen LogP contribution >= 0.6 is 0 Å². The van der Waals surface area contributed by atoms with Gasteiger partial charge in [-0.1, -0.05) is 27.7 Å². The third kappa shape index (κ3) is 3.50. The molecule has 1 fully saturated rings. The normalized spacial score (nSPS) is 23.7. The van der Waals surface area contributed by atoms with E-state index in [1.807, 2.05) is 0 Å². The topological polar surface area (TPSA) is 35.8 Å². The Kier molecular flexibility index (Phi) is 3.78. The molecule has 0 radical (unpaired) electrons. The number of nitrogens with one attached hydrogen (secondary N) is 1. The fraction of sp³-hybridized carbons (Fsp3) is 0.923. The van der Waals surface area contributed by atoms with E-state index in [1.165, 1.54) is 0 Å². The lowest BCUT2D eigenvalue weighted by atomic mass is 9.70. The molecule has 1 saturated carbocycles. The van der Waals surface area contributed by atoms with E-state index in [0.717, 1.165) is 32.2 Å². The molecule has 0 aromatic heterocycles. The summed E-state index contributed by atoms with van der Waals surface area (Å²) in [6.07, 6.45) is 4.32. The van der Waals surface area contributed by atoms with Gasteiger partial charge in [-0.15, -0.1) is 0 Å². The van der Waals surface area contributed by atoms with Crippen molar-refractivity contribution in [1.29, 1.82) is 5.26 Å². The molecule has 0 atom stereocenters. The zero-order chi connectivity index (χ0) is 11.5. The summed E-state index contributed by atoms with van der Waals surface area (Å²) in [6, 6.07) is 2.50. The number of hydrogen-bond acceptors (Lipinski definition) is 2. The molecular formula is C13H24N2. The van der Waals surface area contributed by atoms with Gasteiger partial charge < -0.3 is 0 Å². The lowest BCUT2D eigenvalue weighted by molar-refractivity contribution is 0.168. The molecule has 2 nitrogen and oxygen atoms in total. The van der Waals surface area contributed by atoms with Gasteiger partial charge in [-0.05, 0) is 43.6 Å². The van der Waals surface area contributed by atoms with Gasteiger partial charge in [-0.25, -0.2) is 0 Å². The minimum Gasteiger partial charge on any atom is -0.299 e. The van der Waals surface area contributed by atoms with Gasteiger partial charge in [0.2, 0.25) is 0 Å². The van der Waals surface area contributed by atoms with Gasteiger partial charge in [0.05, 0.1) is 6.07 Å². The van der Waals surface area contributed by atoms with Crippen molar-refractivity contribution in [3.8, 4) is 6.07 Å². The number of hydrogen-bond donors (Lipinski definition) is 1. The van der Waals surface area contributed by atoms with Gasteiger partial charge >= 0.3 is 0 Å². The Morgan fingerprint density at radius 1 is 1.20 bits per heavy atom. The first kappa shape index (κ1) is 12.5. The van der Waals surface area contributed by atoms with Crippen molar-refractivity contribution >= 4 is 0 Å². The van der Waals surface area contributed by atoms with E-state index in [-0.39, 0.29) is 5.54 Å². The van der Waals surface area contributed by atoms with Crippen molar-refractivity contribution in [1.82, 2.24) is 5.32 Å². The Morgan fingerprint density at radius 2 is 1.73 bits per heavy atom. The molecule has 0 aromatic rings. The lowest BCUT2D eigenvalue weighted by Crippen LogP contribution is -2.49. The molecule has 86 valence electrons. The Morgan fingerprint density at radius 3 is 2.13 bits per heavy atom. The zero-order valence-electron chi connectivity index (χ0n) is 10.6. The fourth-order valence-electron chi connectivity index (χ4n) is 2.08. The molecule has 2 heteroatoms. The average Bonchev–Trinajstić information content (AvgIpc) is 2.17. The van der Waals surface area contributed by atoms with E-state index in [1.54, 1.807) is 0 Å². The summed E-state index contributed by atoms with van der Waals surface area (Å²) in [5.74, 6) is 0.616. The summed E-state index contributed by atoms with van der Waals surface area (Å²) in [5.41, 5.74) is 0.194. The van der Waals surface area contributed by atoms with Crippen LogP contribution in [0.3, 0.4) is 0 Å². The molecule has 1 rings (SSSR count). The molecule has 0 spiro atoms. The summed E-state index contributed by atoms with van der Waals surface area (Å²) in [6.45, 7) is 9.93. The highest BCUT2D eigenvalue weighted by atomic mass is 15.0. The van der Waals surface area contributed by atoms with Gasteiger partial charge in [0.15, 0.2) is 0 Å². The maximum atomic E-state index is 9.31. The van der Waals surface area contributed by atoms with E-state index in [2.05, 4.69) is 39.1 Å². The highest BCUT2D eigenvalue weighted by Crippen LogP contribution is 2.39. The van der Waals surface area contributed by atoms with E-state index in [0.29, 0.717) is 11.3 Å². The SMILES string of the molecule is CC(C)CNC1(C#N)CCC(C)(C)CC1. The second-order valence-electron chi connectivity index (χ2n) is 6.13. The average molecular weight is 208 g/mol. The zero-order valence-corrected chi connectivity index (χ0v) is 10.6. The molecule has 0 bridgehead atoms. The molecule has 0 aliphatic heterocycles. The standard InChI is InChI=1S/C13H24N2/c1-11(2)9-15-13(10-14)7-5-12(3,4)6-8-13/h11,15H,5-9H2,1-4H3. The second-order valence-corrected chi connectivity index (χ2v) is 6.13. The summed E-state index contributed by atoms with van der Waals surface area (Å²) in [4.78, 5) is 0. The van der Waals surface area contributed by atoms with E-state index >= 15 is 0 Å². The van der Waals surface area contributed by atoms with Crippen LogP contribution < -0.4 is 5.32 Å². The molecule has 1 N–H and O–H groups in total. The Hall–Kier alpha value is -0.550. The first-order chi connectivity index (χ1) is 6.89. The molecule has 0 unspecified atom stereocenters. The second kappa shape index (κ2) is 4.53. The molecule has 0 saturated heterocycles. The monoisotopic (exact) mass is 208 g/mol. The van der Waals surface area contributed by atoms with Crippen molar-refractivity contribution in [2.45, 2.75) is 58.9 Å². The summed E-state index contributed by atoms with van der Waals surface area (Å²) in [7, 11) is 0. The van der Waals surface area contributed by atoms with Gasteiger partial charge in [0, 0.05) is 0 Å². The third-order valence-corrected chi connectivity index (χ3v) is 3.52. The van der Waals surface area contributed by atoms with Crippen molar-refractivity contribution in [3.05, 3.63) is 0 Å². The highest BCUT2D eigenvalue weighted by molar-refractivity contribution is 5.10. The van der Waals surface area contributed by atoms with Gasteiger partial charge in [-0.2, -0.15) is 5.26 Å². The predicted octanol–water partition coefficient (Wildman–Crippen LogP) is 3.09. The molecule has 15 heavy (non-hydrogen) atoms. The smallest absolute Gasteiger partial charge is 0.106 e. The third-order valence-electron chi connectivity index (χ3n) is 3.52. The van der Waals surface area contributed by atoms with Crippen molar-refractivity contribution in [3.63, 3.8) is 0 Å². The van der Waals surface area contributed by atoms with E-state index in [4.69, 9.17) is 0 Å². The van der Waals surface area contributed by atoms with E-state index in [9.17, 15) is 5.26 Å². The van der Waals surface area contributed by atoms with Crippen LogP contribution in [0, 0.1) is 22.7 Å². The van der Waals surface area contributed by atoms with Crippen LogP contribution in [0.15, 0.2) is 0 Å². The van der Waals surface area contributed by atoms with Crippen molar-refractivity contribution < 1.29 is 0 Å². The maximum absolute atomic E-state index is 9.31. The Balaban J connectivity index is 2.54. The quantitative estimate of drug-likeness (QED) is 0.773. The first-order valence-corrected chi connectivity index (χ1v) is 6.05. The van der Waals surface area contributed by atoms with Crippen molar-refractivity contribution in [2.75, 3.05) is 6.54 Å². The van der Waals surface area contributed by atoms with Crippen LogP contribution in [0.1, 0.15) is 53.4 Å². The van der Waals surface area contributed by atoms with Crippen LogP contribution in [0.5, 0.6) is 0 Å². The molecule has 1 aliphatic carbocycles. The van der Waals surface area contributed by atoms with E-state index < -0.39 is 0 Å². The van der Waals surface area contributed by atoms with Crippen LogP contribution in [0.25, 0.3) is 0 Å². The maximum Gasteiger partial charge on any atom is 0.106 e. The van der Waals surface area contributed by atoms with Gasteiger partial charge in [0.25, 0.3) is 0 Å². The van der Waals surface area contributed by atoms with Gasteiger partial charge in [0.1, 0.15) is 5.54 Å². The predicted molar refractivity (Wildman–Crippen MR) is 63.4 cm³/mol. The number of nitriles is 1. The minimum absolute atomic E-state index is 0.236. The molecule has 0 aromatic carbocycles. The summed E-state index contributed by atoms with van der Waals surface area (Å²) < 4.78 is 0. The summed E-state index contributed by atoms with van der Waals surface area (Å²) in [5, 5.41) is 12.8. The number of rotatable bonds is 3. The minimum atomic E-state index is -0.236. The summed E-state index contributed by atoms with van der Waals surface area (Å²) >= 11 is 0. The highest BCUT2D eigenvalue weighted by Gasteiger charge is 2.38. The van der Waals surface area contributed by atoms with Crippen LogP contribution in [0.4, 0.5) is 0 Å². The van der Waals surface area contributed by atoms with Crippen LogP contribution in [-0.4, -0.2) is 12.1 Å². The first-order valence-electron chi connectivity index (χ1n) is 6.05. The Labute approximate surface area is 94.1 Å². The largest absolute Gasteiger partial charge is 0.299 e. The van der Waals surface area contributed by atoms with Crippen molar-refractivity contribution in [2.24, 2.45) is 11.3 Å². The fourth-order valence-corrected chi connectivity index (χ4v) is 2.08. The molecule has 0 heterocycles. The number of nitrogens with zero attached hydrogens (tertiary/aromatic N) is 1. The molecular weight excluding hydrogens is 184 g/mol. The molecule has 0 amide bonds. The van der Waals surface area contributed by atoms with Gasteiger partial charge in [-0.3, -0.25) is 5.32 Å². The lowest BCUT2D eigenvalue weighted by Gasteiger charge is -2.40. The Bertz CT molecular complexity index is 232.